The lowest BCUT2D eigenvalue weighted by atomic mass is 10.1. The summed E-state index contributed by atoms with van der Waals surface area (Å²) >= 11 is 0. The molecule has 0 saturated carbocycles. The van der Waals surface area contributed by atoms with Crippen molar-refractivity contribution in [1.29, 1.82) is 0 Å². The molecule has 0 unspecified atom stereocenters. The number of amides is 1. The number of hydrogen-bond donors (Lipinski definition) is 0. The average Bonchev–Trinajstić information content (AvgIpc) is 2.92. The van der Waals surface area contributed by atoms with Crippen molar-refractivity contribution in [3.05, 3.63) is 24.3 Å². The van der Waals surface area contributed by atoms with Crippen molar-refractivity contribution >= 4 is 21.7 Å². The number of rotatable bonds is 6. The number of ether oxygens (including phenoxy) is 1. The summed E-state index contributed by atoms with van der Waals surface area (Å²) < 4.78 is 28.4. The van der Waals surface area contributed by atoms with Gasteiger partial charge in [0.05, 0.1) is 17.7 Å². The van der Waals surface area contributed by atoms with Gasteiger partial charge in [-0.1, -0.05) is 6.92 Å². The van der Waals surface area contributed by atoms with Gasteiger partial charge >= 0.3 is 5.97 Å². The molecule has 0 aromatic carbocycles. The molecule has 0 spiro atoms. The lowest BCUT2D eigenvalue weighted by Gasteiger charge is -2.33. The van der Waals surface area contributed by atoms with Gasteiger partial charge in [0.1, 0.15) is 0 Å². The monoisotopic (exact) mass is 355 g/mol. The van der Waals surface area contributed by atoms with E-state index < -0.39 is 28.3 Å². The summed E-state index contributed by atoms with van der Waals surface area (Å²) in [6.45, 7) is 3.32. The minimum atomic E-state index is -3.11. The summed E-state index contributed by atoms with van der Waals surface area (Å²) in [5.41, 5.74) is 0.0174. The van der Waals surface area contributed by atoms with Crippen LogP contribution in [0.2, 0.25) is 0 Å². The highest BCUT2D eigenvalue weighted by molar-refractivity contribution is 7.91. The first-order valence-corrected chi connectivity index (χ1v) is 9.61. The van der Waals surface area contributed by atoms with Gasteiger partial charge in [0.15, 0.2) is 22.1 Å². The second kappa shape index (κ2) is 7.69. The van der Waals surface area contributed by atoms with Gasteiger partial charge in [-0.25, -0.2) is 18.2 Å². The molecule has 132 valence electrons. The molecule has 24 heavy (non-hydrogen) atoms. The summed E-state index contributed by atoms with van der Waals surface area (Å²) in [6, 6.07) is -0.501. The van der Waals surface area contributed by atoms with Gasteiger partial charge in [-0.15, -0.1) is 0 Å². The Balaban J connectivity index is 2.02. The first-order valence-electron chi connectivity index (χ1n) is 7.78. The molecule has 1 aromatic rings. The van der Waals surface area contributed by atoms with Crippen LogP contribution in [-0.4, -0.2) is 65.4 Å². The molecule has 1 aromatic heterocycles. The molecule has 2 heterocycles. The molecular formula is C15H21N3O5S. The molecule has 1 amide bonds. The van der Waals surface area contributed by atoms with E-state index in [1.165, 1.54) is 23.5 Å². The lowest BCUT2D eigenvalue weighted by Crippen LogP contribution is -2.48. The Morgan fingerprint density at radius 3 is 2.71 bits per heavy atom. The number of carbonyl (C=O) groups is 2. The second-order valence-corrected chi connectivity index (χ2v) is 8.01. The van der Waals surface area contributed by atoms with E-state index >= 15 is 0 Å². The Kier molecular flexibility index (Phi) is 5.87. The number of hydrogen-bond acceptors (Lipinski definition) is 7. The summed E-state index contributed by atoms with van der Waals surface area (Å²) in [5.74, 6) is -1.10. The summed E-state index contributed by atoms with van der Waals surface area (Å²) in [5, 5.41) is 0. The van der Waals surface area contributed by atoms with Gasteiger partial charge in [0.2, 0.25) is 0 Å². The SMILES string of the molecule is CC[C@H](C)N(C(=O)COC(=O)c1cnccn1)[C@H]1CCS(=O)(=O)C1. The quantitative estimate of drug-likeness (QED) is 0.682. The fraction of sp³-hybridized carbons (Fsp3) is 0.600. The van der Waals surface area contributed by atoms with E-state index in [1.807, 2.05) is 13.8 Å². The van der Waals surface area contributed by atoms with Crippen molar-refractivity contribution in [1.82, 2.24) is 14.9 Å². The van der Waals surface area contributed by atoms with Gasteiger partial charge in [0, 0.05) is 24.5 Å². The third kappa shape index (κ3) is 4.50. The van der Waals surface area contributed by atoms with Gasteiger partial charge < -0.3 is 9.64 Å². The first-order chi connectivity index (χ1) is 11.3. The van der Waals surface area contributed by atoms with E-state index in [0.717, 1.165) is 0 Å². The van der Waals surface area contributed by atoms with Gasteiger partial charge in [-0.05, 0) is 19.8 Å². The van der Waals surface area contributed by atoms with Crippen molar-refractivity contribution < 1.29 is 22.7 Å². The lowest BCUT2D eigenvalue weighted by molar-refractivity contribution is -0.138. The number of esters is 1. The standard InChI is InChI=1S/C15H21N3O5S/c1-3-11(2)18(12-4-7-24(21,22)10-12)14(19)9-23-15(20)13-8-16-5-6-17-13/h5-6,8,11-12H,3-4,7,9-10H2,1-2H3/t11-,12-/m0/s1. The minimum absolute atomic E-state index is 0.0174. The Morgan fingerprint density at radius 2 is 2.17 bits per heavy atom. The smallest absolute Gasteiger partial charge is 0.359 e. The van der Waals surface area contributed by atoms with Crippen molar-refractivity contribution in [3.63, 3.8) is 0 Å². The highest BCUT2D eigenvalue weighted by Crippen LogP contribution is 2.21. The summed E-state index contributed by atoms with van der Waals surface area (Å²) in [6.07, 6.45) is 5.13. The Hall–Kier alpha value is -2.03. The molecule has 1 saturated heterocycles. The third-order valence-corrected chi connectivity index (χ3v) is 5.80. The van der Waals surface area contributed by atoms with Crippen LogP contribution >= 0.6 is 0 Å². The van der Waals surface area contributed by atoms with Crippen LogP contribution in [0.4, 0.5) is 0 Å². The predicted molar refractivity (Wildman–Crippen MR) is 86.0 cm³/mol. The van der Waals surface area contributed by atoms with E-state index in [2.05, 4.69) is 9.97 Å². The maximum absolute atomic E-state index is 12.5. The maximum Gasteiger partial charge on any atom is 0.359 e. The van der Waals surface area contributed by atoms with Crippen LogP contribution < -0.4 is 0 Å². The zero-order chi connectivity index (χ0) is 17.7. The van der Waals surface area contributed by atoms with Gasteiger partial charge in [-0.3, -0.25) is 9.78 Å². The Labute approximate surface area is 141 Å². The number of aromatic nitrogens is 2. The van der Waals surface area contributed by atoms with Crippen LogP contribution in [0.5, 0.6) is 0 Å². The molecule has 0 radical (unpaired) electrons. The molecule has 0 N–H and O–H groups in total. The second-order valence-electron chi connectivity index (χ2n) is 5.78. The number of carbonyl (C=O) groups excluding carboxylic acids is 2. The highest BCUT2D eigenvalue weighted by Gasteiger charge is 2.36. The topological polar surface area (TPSA) is 107 Å². The Bertz CT molecular complexity index is 692. The molecule has 2 rings (SSSR count). The maximum atomic E-state index is 12.5. The zero-order valence-corrected chi connectivity index (χ0v) is 14.5. The molecule has 9 heteroatoms. The molecular weight excluding hydrogens is 334 g/mol. The Morgan fingerprint density at radius 1 is 1.42 bits per heavy atom. The third-order valence-electron chi connectivity index (χ3n) is 4.05. The van der Waals surface area contributed by atoms with E-state index in [-0.39, 0.29) is 29.3 Å². The predicted octanol–water partition coefficient (Wildman–Crippen LogP) is 0.448. The van der Waals surface area contributed by atoms with Crippen molar-refractivity contribution in [3.8, 4) is 0 Å². The highest BCUT2D eigenvalue weighted by atomic mass is 32.2. The molecule has 2 atom stereocenters. The van der Waals surface area contributed by atoms with Crippen LogP contribution in [0.15, 0.2) is 18.6 Å². The van der Waals surface area contributed by atoms with Crippen LogP contribution in [-0.2, 0) is 19.4 Å². The van der Waals surface area contributed by atoms with Gasteiger partial charge in [0.25, 0.3) is 5.91 Å². The van der Waals surface area contributed by atoms with Crippen LogP contribution in [0.25, 0.3) is 0 Å². The molecule has 0 aliphatic carbocycles. The van der Waals surface area contributed by atoms with Crippen molar-refractivity contribution in [2.75, 3.05) is 18.1 Å². The first kappa shape index (κ1) is 18.3. The molecule has 1 aliphatic rings. The average molecular weight is 355 g/mol. The molecule has 1 fully saturated rings. The molecule has 8 nitrogen and oxygen atoms in total. The zero-order valence-electron chi connectivity index (χ0n) is 13.7. The largest absolute Gasteiger partial charge is 0.451 e. The van der Waals surface area contributed by atoms with E-state index in [4.69, 9.17) is 4.74 Å². The number of nitrogens with zero attached hydrogens (tertiary/aromatic N) is 3. The van der Waals surface area contributed by atoms with Crippen LogP contribution in [0.3, 0.4) is 0 Å². The van der Waals surface area contributed by atoms with Crippen LogP contribution in [0, 0.1) is 0 Å². The fourth-order valence-electron chi connectivity index (χ4n) is 2.68. The molecule has 1 aliphatic heterocycles. The molecule has 0 bridgehead atoms. The van der Waals surface area contributed by atoms with Crippen molar-refractivity contribution in [2.24, 2.45) is 0 Å². The van der Waals surface area contributed by atoms with Crippen LogP contribution in [0.1, 0.15) is 37.2 Å². The normalized spacial score (nSPS) is 20.3. The van der Waals surface area contributed by atoms with E-state index in [9.17, 15) is 18.0 Å². The number of sulfone groups is 1. The fourth-order valence-corrected chi connectivity index (χ4v) is 4.39. The van der Waals surface area contributed by atoms with Gasteiger partial charge in [-0.2, -0.15) is 0 Å². The summed E-state index contributed by atoms with van der Waals surface area (Å²) in [4.78, 5) is 33.4. The van der Waals surface area contributed by atoms with E-state index in [0.29, 0.717) is 12.8 Å². The summed E-state index contributed by atoms with van der Waals surface area (Å²) in [7, 11) is -3.11. The minimum Gasteiger partial charge on any atom is -0.451 e. The van der Waals surface area contributed by atoms with E-state index in [1.54, 1.807) is 0 Å². The van der Waals surface area contributed by atoms with Crippen molar-refractivity contribution in [2.45, 2.75) is 38.8 Å².